The fraction of sp³-hybridized carbons (Fsp3) is 0.0870. The maximum absolute atomic E-state index is 12.9. The second-order valence-corrected chi connectivity index (χ2v) is 9.85. The zero-order valence-electron chi connectivity index (χ0n) is 16.3. The number of nitrogens with zero attached hydrogens (tertiary/aromatic N) is 3. The summed E-state index contributed by atoms with van der Waals surface area (Å²) in [6, 6.07) is 22.2. The zero-order valence-corrected chi connectivity index (χ0v) is 20.2. The van der Waals surface area contributed by atoms with Crippen molar-refractivity contribution in [2.45, 2.75) is 17.3 Å². The predicted octanol–water partition coefficient (Wildman–Crippen LogP) is 7.37. The van der Waals surface area contributed by atoms with E-state index < -0.39 is 0 Å². The molecular formula is C23H16BrCl2N3OS. The van der Waals surface area contributed by atoms with E-state index >= 15 is 0 Å². The van der Waals surface area contributed by atoms with Crippen molar-refractivity contribution >= 4 is 56.7 Å². The van der Waals surface area contributed by atoms with Gasteiger partial charge in [0.2, 0.25) is 0 Å². The van der Waals surface area contributed by atoms with Crippen molar-refractivity contribution in [2.24, 2.45) is 0 Å². The lowest BCUT2D eigenvalue weighted by Gasteiger charge is -2.13. The van der Waals surface area contributed by atoms with Crippen LogP contribution in [0.5, 0.6) is 0 Å². The standard InChI is InChI=1S/C23H16BrCl2N3OS/c1-14(21(30)15-2-6-17(24)7-3-15)31-23-28-27-22(16-4-8-18(25)9-5-16)29(23)20-12-10-19(26)11-13-20/h2-14H,1H3/t14-/m0/s1. The largest absolute Gasteiger partial charge is 0.293 e. The Bertz CT molecular complexity index is 1210. The van der Waals surface area contributed by atoms with Crippen molar-refractivity contribution in [1.29, 1.82) is 0 Å². The summed E-state index contributed by atoms with van der Waals surface area (Å²) in [5, 5.41) is 10.3. The number of ketones is 1. The average molecular weight is 533 g/mol. The number of benzene rings is 3. The van der Waals surface area contributed by atoms with Crippen LogP contribution in [0.25, 0.3) is 17.1 Å². The van der Waals surface area contributed by atoms with Crippen molar-refractivity contribution in [3.63, 3.8) is 0 Å². The van der Waals surface area contributed by atoms with Crippen LogP contribution in [-0.2, 0) is 0 Å². The van der Waals surface area contributed by atoms with Gasteiger partial charge in [0.25, 0.3) is 0 Å². The van der Waals surface area contributed by atoms with Crippen LogP contribution in [0, 0.1) is 0 Å². The van der Waals surface area contributed by atoms with Crippen LogP contribution in [-0.4, -0.2) is 25.8 Å². The van der Waals surface area contributed by atoms with Crippen LogP contribution in [0.1, 0.15) is 17.3 Å². The molecule has 1 aromatic heterocycles. The summed E-state index contributed by atoms with van der Waals surface area (Å²) in [6.07, 6.45) is 0. The Morgan fingerprint density at radius 2 is 1.48 bits per heavy atom. The van der Waals surface area contributed by atoms with Crippen molar-refractivity contribution < 1.29 is 4.79 Å². The van der Waals surface area contributed by atoms with E-state index in [9.17, 15) is 4.79 Å². The van der Waals surface area contributed by atoms with Crippen LogP contribution in [0.3, 0.4) is 0 Å². The zero-order chi connectivity index (χ0) is 22.0. The molecule has 1 heterocycles. The van der Waals surface area contributed by atoms with Gasteiger partial charge in [-0.1, -0.05) is 63.0 Å². The molecule has 3 aromatic carbocycles. The summed E-state index contributed by atoms with van der Waals surface area (Å²) in [7, 11) is 0. The van der Waals surface area contributed by atoms with E-state index in [4.69, 9.17) is 23.2 Å². The molecule has 31 heavy (non-hydrogen) atoms. The molecule has 8 heteroatoms. The summed E-state index contributed by atoms with van der Waals surface area (Å²) in [5.74, 6) is 0.681. The number of carbonyl (C=O) groups is 1. The Morgan fingerprint density at radius 1 is 0.903 bits per heavy atom. The van der Waals surface area contributed by atoms with Gasteiger partial charge < -0.3 is 0 Å². The number of hydrogen-bond donors (Lipinski definition) is 0. The first kappa shape index (κ1) is 22.1. The summed E-state index contributed by atoms with van der Waals surface area (Å²) < 4.78 is 2.86. The third-order valence-electron chi connectivity index (χ3n) is 4.60. The Balaban J connectivity index is 1.71. The second kappa shape index (κ2) is 9.57. The summed E-state index contributed by atoms with van der Waals surface area (Å²) in [4.78, 5) is 12.9. The molecule has 1 atom stereocenters. The van der Waals surface area contributed by atoms with Gasteiger partial charge in [-0.2, -0.15) is 0 Å². The molecule has 4 aromatic rings. The third kappa shape index (κ3) is 5.04. The SMILES string of the molecule is C[C@H](Sc1nnc(-c2ccc(Cl)cc2)n1-c1ccc(Cl)cc1)C(=O)c1ccc(Br)cc1. The number of halogens is 3. The highest BCUT2D eigenvalue weighted by Crippen LogP contribution is 2.32. The quantitative estimate of drug-likeness (QED) is 0.192. The van der Waals surface area contributed by atoms with Crippen molar-refractivity contribution in [3.8, 4) is 17.1 Å². The maximum Gasteiger partial charge on any atom is 0.196 e. The lowest BCUT2D eigenvalue weighted by Crippen LogP contribution is -2.14. The van der Waals surface area contributed by atoms with E-state index in [-0.39, 0.29) is 11.0 Å². The summed E-state index contributed by atoms with van der Waals surface area (Å²) in [5.41, 5.74) is 2.37. The molecule has 0 saturated heterocycles. The molecule has 0 aliphatic rings. The lowest BCUT2D eigenvalue weighted by molar-refractivity contribution is 0.0994. The molecule has 0 N–H and O–H groups in total. The topological polar surface area (TPSA) is 47.8 Å². The van der Waals surface area contributed by atoms with E-state index in [1.165, 1.54) is 11.8 Å². The average Bonchev–Trinajstić information content (AvgIpc) is 3.18. The first-order valence-corrected chi connectivity index (χ1v) is 11.8. The Morgan fingerprint density at radius 3 is 2.10 bits per heavy atom. The molecular weight excluding hydrogens is 517 g/mol. The molecule has 4 nitrogen and oxygen atoms in total. The molecule has 0 unspecified atom stereocenters. The molecule has 0 amide bonds. The highest BCUT2D eigenvalue weighted by Gasteiger charge is 2.22. The van der Waals surface area contributed by atoms with Gasteiger partial charge in [-0.15, -0.1) is 10.2 Å². The Kier molecular flexibility index (Phi) is 6.82. The maximum atomic E-state index is 12.9. The highest BCUT2D eigenvalue weighted by molar-refractivity contribution is 9.10. The van der Waals surface area contributed by atoms with E-state index in [0.717, 1.165) is 15.7 Å². The molecule has 4 rings (SSSR count). The van der Waals surface area contributed by atoms with Gasteiger partial charge in [0, 0.05) is 31.3 Å². The van der Waals surface area contributed by atoms with Gasteiger partial charge in [-0.05, 0) is 67.6 Å². The van der Waals surface area contributed by atoms with Crippen LogP contribution in [0.15, 0.2) is 82.4 Å². The van der Waals surface area contributed by atoms with Crippen LogP contribution < -0.4 is 0 Å². The highest BCUT2D eigenvalue weighted by atomic mass is 79.9. The Hall–Kier alpha value is -2.12. The van der Waals surface area contributed by atoms with Gasteiger partial charge >= 0.3 is 0 Å². The molecule has 0 aliphatic carbocycles. The first-order valence-electron chi connectivity index (χ1n) is 9.36. The number of carbonyl (C=O) groups excluding carboxylic acids is 1. The molecule has 0 saturated carbocycles. The first-order chi connectivity index (χ1) is 14.9. The number of Topliss-reactive ketones (excluding diaryl/α,β-unsaturated/α-hetero) is 1. The Labute approximate surface area is 202 Å². The van der Waals surface area contributed by atoms with Crippen LogP contribution in [0.2, 0.25) is 10.0 Å². The van der Waals surface area contributed by atoms with E-state index in [0.29, 0.717) is 26.6 Å². The lowest BCUT2D eigenvalue weighted by atomic mass is 10.1. The summed E-state index contributed by atoms with van der Waals surface area (Å²) >= 11 is 16.9. The van der Waals surface area contributed by atoms with Crippen LogP contribution >= 0.6 is 50.9 Å². The van der Waals surface area contributed by atoms with Gasteiger partial charge in [-0.25, -0.2) is 0 Å². The van der Waals surface area contributed by atoms with Gasteiger partial charge in [0.1, 0.15) is 0 Å². The summed E-state index contributed by atoms with van der Waals surface area (Å²) in [6.45, 7) is 1.87. The number of rotatable bonds is 6. The van der Waals surface area contributed by atoms with Crippen LogP contribution in [0.4, 0.5) is 0 Å². The fourth-order valence-electron chi connectivity index (χ4n) is 3.02. The second-order valence-electron chi connectivity index (χ2n) is 6.76. The number of hydrogen-bond acceptors (Lipinski definition) is 4. The molecule has 0 fully saturated rings. The van der Waals surface area contributed by atoms with Gasteiger partial charge in [0.05, 0.1) is 5.25 Å². The minimum absolute atomic E-state index is 0.0243. The third-order valence-corrected chi connectivity index (χ3v) is 6.68. The predicted molar refractivity (Wildman–Crippen MR) is 131 cm³/mol. The normalized spacial score (nSPS) is 12.0. The van der Waals surface area contributed by atoms with E-state index in [1.807, 2.05) is 84.3 Å². The van der Waals surface area contributed by atoms with Gasteiger partial charge in [-0.3, -0.25) is 9.36 Å². The number of thioether (sulfide) groups is 1. The van der Waals surface area contributed by atoms with E-state index in [1.54, 1.807) is 0 Å². The fourth-order valence-corrected chi connectivity index (χ4v) is 4.48. The van der Waals surface area contributed by atoms with Gasteiger partial charge in [0.15, 0.2) is 16.8 Å². The molecule has 0 bridgehead atoms. The van der Waals surface area contributed by atoms with E-state index in [2.05, 4.69) is 26.1 Å². The minimum atomic E-state index is -0.352. The molecule has 0 radical (unpaired) electrons. The minimum Gasteiger partial charge on any atom is -0.293 e. The molecule has 0 spiro atoms. The number of aromatic nitrogens is 3. The monoisotopic (exact) mass is 531 g/mol. The molecule has 156 valence electrons. The molecule has 0 aliphatic heterocycles. The van der Waals surface area contributed by atoms with Crippen molar-refractivity contribution in [1.82, 2.24) is 14.8 Å². The smallest absolute Gasteiger partial charge is 0.196 e. The van der Waals surface area contributed by atoms with Crippen molar-refractivity contribution in [2.75, 3.05) is 0 Å². The van der Waals surface area contributed by atoms with Crippen molar-refractivity contribution in [3.05, 3.63) is 92.9 Å².